The van der Waals surface area contributed by atoms with Crippen molar-refractivity contribution in [3.8, 4) is 5.75 Å². The van der Waals surface area contributed by atoms with E-state index >= 15 is 0 Å². The molecule has 74 valence electrons. The van der Waals surface area contributed by atoms with Crippen LogP contribution in [-0.2, 0) is 4.79 Å². The van der Waals surface area contributed by atoms with Gasteiger partial charge in [0.05, 0.1) is 12.2 Å². The molecule has 0 spiro atoms. The number of carbonyl (C=O) groups excluding carboxylic acids is 1. The number of nitrogens with one attached hydrogen (secondary N) is 1. The Balaban J connectivity index is 2.27. The number of benzene rings is 1. The van der Waals surface area contributed by atoms with Gasteiger partial charge in [-0.15, -0.1) is 0 Å². The number of hydrogen-bond donors (Lipinski definition) is 2. The lowest BCUT2D eigenvalue weighted by atomic mass is 10.2. The fraction of sp³-hybridized carbons (Fsp3) is 0.222. The molecule has 14 heavy (non-hydrogen) atoms. The van der Waals surface area contributed by atoms with Crippen molar-refractivity contribution in [2.75, 3.05) is 11.9 Å². The van der Waals surface area contributed by atoms with Gasteiger partial charge in [-0.05, 0) is 18.2 Å². The number of fused-ring (bicyclic) bond motifs is 1. The van der Waals surface area contributed by atoms with Crippen LogP contribution in [0.15, 0.2) is 18.2 Å². The number of carbonyl (C=O) groups is 1. The quantitative estimate of drug-likeness (QED) is 0.730. The summed E-state index contributed by atoms with van der Waals surface area (Å²) < 4.78 is 5.35. The third kappa shape index (κ3) is 1.61. The minimum absolute atomic E-state index is 0.378. The number of halogens is 1. The van der Waals surface area contributed by atoms with E-state index in [1.807, 2.05) is 0 Å². The van der Waals surface area contributed by atoms with Crippen LogP contribution in [0.1, 0.15) is 0 Å². The van der Waals surface area contributed by atoms with E-state index in [2.05, 4.69) is 5.32 Å². The highest BCUT2D eigenvalue weighted by Crippen LogP contribution is 2.31. The average molecular weight is 213 g/mol. The predicted octanol–water partition coefficient (Wildman–Crippen LogP) is 0.998. The molecule has 0 aromatic heterocycles. The normalized spacial score (nSPS) is 19.1. The van der Waals surface area contributed by atoms with E-state index in [9.17, 15) is 4.79 Å². The van der Waals surface area contributed by atoms with Crippen molar-refractivity contribution in [2.24, 2.45) is 5.73 Å². The largest absolute Gasteiger partial charge is 0.477 e. The van der Waals surface area contributed by atoms with Crippen molar-refractivity contribution in [1.29, 1.82) is 0 Å². The Hall–Kier alpha value is -1.42. The summed E-state index contributed by atoms with van der Waals surface area (Å²) in [6, 6.07) is 5.15. The lowest BCUT2D eigenvalue weighted by Crippen LogP contribution is -2.41. The first-order valence-corrected chi connectivity index (χ1v) is 4.54. The van der Waals surface area contributed by atoms with Crippen molar-refractivity contribution < 1.29 is 9.53 Å². The molecule has 1 unspecified atom stereocenters. The molecule has 1 amide bonds. The fourth-order valence-corrected chi connectivity index (χ4v) is 1.47. The highest BCUT2D eigenvalue weighted by molar-refractivity contribution is 6.30. The van der Waals surface area contributed by atoms with Gasteiger partial charge in [0, 0.05) is 5.02 Å². The van der Waals surface area contributed by atoms with Gasteiger partial charge >= 0.3 is 0 Å². The molecule has 1 heterocycles. The van der Waals surface area contributed by atoms with Crippen LogP contribution in [0.25, 0.3) is 0 Å². The van der Waals surface area contributed by atoms with Gasteiger partial charge in [-0.3, -0.25) is 4.79 Å². The Morgan fingerprint density at radius 1 is 1.64 bits per heavy atom. The summed E-state index contributed by atoms with van der Waals surface area (Å²) in [7, 11) is 0. The van der Waals surface area contributed by atoms with Crippen LogP contribution in [0.4, 0.5) is 5.69 Å². The number of hydrogen-bond acceptors (Lipinski definition) is 3. The molecule has 5 heteroatoms. The lowest BCUT2D eigenvalue weighted by Gasteiger charge is -2.25. The van der Waals surface area contributed by atoms with Gasteiger partial charge in [-0.1, -0.05) is 11.6 Å². The number of primary amides is 1. The number of ether oxygens (including phenoxy) is 1. The Morgan fingerprint density at radius 2 is 2.43 bits per heavy atom. The van der Waals surface area contributed by atoms with Gasteiger partial charge in [0.15, 0.2) is 6.10 Å². The van der Waals surface area contributed by atoms with Gasteiger partial charge in [0.1, 0.15) is 5.75 Å². The third-order valence-corrected chi connectivity index (χ3v) is 2.24. The Bertz CT molecular complexity index is 381. The second-order valence-corrected chi connectivity index (χ2v) is 3.47. The van der Waals surface area contributed by atoms with Crippen LogP contribution in [0.3, 0.4) is 0 Å². The first-order chi connectivity index (χ1) is 6.66. The maximum absolute atomic E-state index is 10.9. The van der Waals surface area contributed by atoms with E-state index in [-0.39, 0.29) is 0 Å². The van der Waals surface area contributed by atoms with Crippen molar-refractivity contribution in [1.82, 2.24) is 0 Å². The zero-order valence-electron chi connectivity index (χ0n) is 7.29. The van der Waals surface area contributed by atoms with E-state index in [4.69, 9.17) is 22.1 Å². The second kappa shape index (κ2) is 3.38. The van der Waals surface area contributed by atoms with E-state index in [0.717, 1.165) is 5.69 Å². The van der Waals surface area contributed by atoms with Gasteiger partial charge in [0.25, 0.3) is 5.91 Å². The van der Waals surface area contributed by atoms with Crippen LogP contribution in [0.5, 0.6) is 5.75 Å². The molecule has 1 aliphatic rings. The molecular formula is C9H9ClN2O2. The maximum atomic E-state index is 10.9. The lowest BCUT2D eigenvalue weighted by molar-refractivity contribution is -0.124. The van der Waals surface area contributed by atoms with Crippen LogP contribution < -0.4 is 15.8 Å². The maximum Gasteiger partial charge on any atom is 0.260 e. The summed E-state index contributed by atoms with van der Waals surface area (Å²) in [6.07, 6.45) is -0.608. The van der Waals surface area contributed by atoms with Gasteiger partial charge in [-0.2, -0.15) is 0 Å². The zero-order chi connectivity index (χ0) is 10.1. The number of amides is 1. The van der Waals surface area contributed by atoms with Crippen molar-refractivity contribution in [3.05, 3.63) is 23.2 Å². The van der Waals surface area contributed by atoms with E-state index < -0.39 is 12.0 Å². The van der Waals surface area contributed by atoms with E-state index in [0.29, 0.717) is 17.3 Å². The molecule has 0 radical (unpaired) electrons. The number of nitrogens with two attached hydrogens (primary N) is 1. The molecule has 4 nitrogen and oxygen atoms in total. The monoisotopic (exact) mass is 212 g/mol. The van der Waals surface area contributed by atoms with Crippen molar-refractivity contribution >= 4 is 23.2 Å². The molecule has 3 N–H and O–H groups in total. The molecule has 1 atom stereocenters. The fourth-order valence-electron chi connectivity index (χ4n) is 1.30. The van der Waals surface area contributed by atoms with Crippen molar-refractivity contribution in [2.45, 2.75) is 6.10 Å². The molecule has 0 saturated carbocycles. The molecule has 0 aliphatic carbocycles. The molecular weight excluding hydrogens is 204 g/mol. The zero-order valence-corrected chi connectivity index (χ0v) is 8.04. The second-order valence-electron chi connectivity index (χ2n) is 3.03. The van der Waals surface area contributed by atoms with Crippen LogP contribution >= 0.6 is 11.6 Å². The van der Waals surface area contributed by atoms with E-state index in [1.54, 1.807) is 18.2 Å². The van der Waals surface area contributed by atoms with Gasteiger partial charge < -0.3 is 15.8 Å². The predicted molar refractivity (Wildman–Crippen MR) is 53.6 cm³/mol. The molecule has 0 bridgehead atoms. The molecule has 0 fully saturated rings. The highest BCUT2D eigenvalue weighted by atomic mass is 35.5. The topological polar surface area (TPSA) is 64.4 Å². The van der Waals surface area contributed by atoms with Crippen molar-refractivity contribution in [3.63, 3.8) is 0 Å². The van der Waals surface area contributed by atoms with Gasteiger partial charge in [-0.25, -0.2) is 0 Å². The summed E-state index contributed by atoms with van der Waals surface area (Å²) in [5, 5.41) is 3.65. The molecule has 1 aliphatic heterocycles. The summed E-state index contributed by atoms with van der Waals surface area (Å²) in [4.78, 5) is 10.9. The number of rotatable bonds is 1. The summed E-state index contributed by atoms with van der Waals surface area (Å²) in [5.74, 6) is 0.127. The first-order valence-electron chi connectivity index (χ1n) is 4.16. The minimum atomic E-state index is -0.608. The average Bonchev–Trinajstić information content (AvgIpc) is 2.16. The standard InChI is InChI=1S/C9H9ClN2O2/c10-5-1-2-7-6(3-5)12-4-8(14-7)9(11)13/h1-3,8,12H,4H2,(H2,11,13). The third-order valence-electron chi connectivity index (χ3n) is 2.01. The highest BCUT2D eigenvalue weighted by Gasteiger charge is 2.23. The van der Waals surface area contributed by atoms with Crippen LogP contribution in [-0.4, -0.2) is 18.6 Å². The summed E-state index contributed by atoms with van der Waals surface area (Å²) in [5.41, 5.74) is 5.91. The van der Waals surface area contributed by atoms with Crippen LogP contribution in [0, 0.1) is 0 Å². The Morgan fingerprint density at radius 3 is 3.14 bits per heavy atom. The molecule has 2 rings (SSSR count). The summed E-state index contributed by atoms with van der Waals surface area (Å²) >= 11 is 5.79. The number of anilines is 1. The molecule has 1 aromatic rings. The minimum Gasteiger partial charge on any atom is -0.477 e. The van der Waals surface area contributed by atoms with Crippen LogP contribution in [0.2, 0.25) is 5.02 Å². The van der Waals surface area contributed by atoms with E-state index in [1.165, 1.54) is 0 Å². The van der Waals surface area contributed by atoms with Gasteiger partial charge in [0.2, 0.25) is 0 Å². The SMILES string of the molecule is NC(=O)C1CNc2cc(Cl)ccc2O1. The Labute approximate surface area is 86.0 Å². The molecule has 0 saturated heterocycles. The Kier molecular flexibility index (Phi) is 2.21. The summed E-state index contributed by atoms with van der Waals surface area (Å²) in [6.45, 7) is 0.378. The smallest absolute Gasteiger partial charge is 0.260 e. The molecule has 1 aromatic carbocycles. The first kappa shape index (κ1) is 9.15.